The minimum absolute atomic E-state index is 0.0255. The Balaban J connectivity index is 2.01. The van der Waals surface area contributed by atoms with Gasteiger partial charge in [0.2, 0.25) is 11.8 Å². The summed E-state index contributed by atoms with van der Waals surface area (Å²) in [6.07, 6.45) is 5.03. The fraction of sp³-hybridized carbons (Fsp3) is 0.857. The van der Waals surface area contributed by atoms with Crippen molar-refractivity contribution in [2.24, 2.45) is 0 Å². The van der Waals surface area contributed by atoms with E-state index in [0.29, 0.717) is 6.42 Å². The van der Waals surface area contributed by atoms with Crippen molar-refractivity contribution < 1.29 is 9.59 Å². The van der Waals surface area contributed by atoms with Crippen LogP contribution >= 0.6 is 21.6 Å². The number of nitrogens with one attached hydrogen (secondary N) is 2. The van der Waals surface area contributed by atoms with Gasteiger partial charge in [-0.05, 0) is 40.0 Å². The molecule has 0 saturated carbocycles. The highest BCUT2D eigenvalue weighted by molar-refractivity contribution is 8.77. The number of unbranched alkanes of at least 4 members (excludes halogenated alkanes) is 1. The molecule has 1 saturated heterocycles. The number of hydrogen-bond donors (Lipinski definition) is 2. The van der Waals surface area contributed by atoms with Crippen LogP contribution < -0.4 is 10.6 Å². The highest BCUT2D eigenvalue weighted by Gasteiger charge is 2.16. The topological polar surface area (TPSA) is 58.2 Å². The zero-order chi connectivity index (χ0) is 15.0. The van der Waals surface area contributed by atoms with Gasteiger partial charge >= 0.3 is 0 Å². The minimum atomic E-state index is -0.251. The monoisotopic (exact) mass is 318 g/mol. The molecule has 4 nitrogen and oxygen atoms in total. The first kappa shape index (κ1) is 17.7. The lowest BCUT2D eigenvalue weighted by atomic mass is 10.1. The van der Waals surface area contributed by atoms with Crippen molar-refractivity contribution >= 4 is 33.4 Å². The normalized spacial score (nSPS) is 18.9. The third-order valence-electron chi connectivity index (χ3n) is 2.87. The standard InChI is InChI=1S/C14H26N2O2S2/c1-14(2,3)16-13(18)10-15-12(17)7-5-4-6-11-8-9-19-20-11/h11H,4-10H2,1-3H3,(H,15,17)(H,16,18). The maximum Gasteiger partial charge on any atom is 0.239 e. The molecule has 0 bridgehead atoms. The van der Waals surface area contributed by atoms with Crippen LogP contribution in [-0.4, -0.2) is 34.9 Å². The van der Waals surface area contributed by atoms with Crippen LogP contribution in [-0.2, 0) is 9.59 Å². The number of carbonyl (C=O) groups excluding carboxylic acids is 2. The molecule has 1 atom stereocenters. The van der Waals surface area contributed by atoms with Crippen molar-refractivity contribution in [1.29, 1.82) is 0 Å². The highest BCUT2D eigenvalue weighted by atomic mass is 33.1. The molecule has 0 radical (unpaired) electrons. The van der Waals surface area contributed by atoms with Crippen molar-refractivity contribution in [2.75, 3.05) is 12.3 Å². The van der Waals surface area contributed by atoms with E-state index >= 15 is 0 Å². The maximum atomic E-state index is 11.6. The summed E-state index contributed by atoms with van der Waals surface area (Å²) in [7, 11) is 3.94. The zero-order valence-electron chi connectivity index (χ0n) is 12.7. The molecule has 1 aliphatic heterocycles. The van der Waals surface area contributed by atoms with Gasteiger partial charge < -0.3 is 10.6 Å². The van der Waals surface area contributed by atoms with Crippen LogP contribution in [0.2, 0.25) is 0 Å². The van der Waals surface area contributed by atoms with Crippen molar-refractivity contribution in [3.8, 4) is 0 Å². The van der Waals surface area contributed by atoms with Gasteiger partial charge in [0, 0.05) is 23.0 Å². The molecule has 1 unspecified atom stereocenters. The van der Waals surface area contributed by atoms with E-state index < -0.39 is 0 Å². The minimum Gasteiger partial charge on any atom is -0.350 e. The van der Waals surface area contributed by atoms with Gasteiger partial charge in [-0.1, -0.05) is 28.0 Å². The Labute approximate surface area is 130 Å². The van der Waals surface area contributed by atoms with Gasteiger partial charge in [-0.25, -0.2) is 0 Å². The summed E-state index contributed by atoms with van der Waals surface area (Å²) >= 11 is 0. The highest BCUT2D eigenvalue weighted by Crippen LogP contribution is 2.39. The van der Waals surface area contributed by atoms with E-state index in [4.69, 9.17) is 0 Å². The second-order valence-electron chi connectivity index (χ2n) is 6.15. The van der Waals surface area contributed by atoms with E-state index in [0.717, 1.165) is 18.1 Å². The van der Waals surface area contributed by atoms with E-state index in [1.54, 1.807) is 0 Å². The molecule has 0 aliphatic carbocycles. The Morgan fingerprint density at radius 2 is 1.95 bits per heavy atom. The molecule has 0 aromatic carbocycles. The molecule has 20 heavy (non-hydrogen) atoms. The summed E-state index contributed by atoms with van der Waals surface area (Å²) in [6.45, 7) is 5.84. The first-order chi connectivity index (χ1) is 9.37. The van der Waals surface area contributed by atoms with Gasteiger partial charge in [-0.15, -0.1) is 0 Å². The Morgan fingerprint density at radius 1 is 1.20 bits per heavy atom. The van der Waals surface area contributed by atoms with E-state index in [1.165, 1.54) is 18.6 Å². The van der Waals surface area contributed by atoms with Crippen LogP contribution in [0.1, 0.15) is 52.9 Å². The smallest absolute Gasteiger partial charge is 0.239 e. The Bertz CT molecular complexity index is 324. The van der Waals surface area contributed by atoms with Crippen LogP contribution in [0, 0.1) is 0 Å². The van der Waals surface area contributed by atoms with Crippen LogP contribution in [0.5, 0.6) is 0 Å². The second kappa shape index (κ2) is 8.82. The summed E-state index contributed by atoms with van der Waals surface area (Å²) < 4.78 is 0. The molecule has 1 aliphatic rings. The van der Waals surface area contributed by atoms with Gasteiger partial charge in [0.25, 0.3) is 0 Å². The number of hydrogen-bond acceptors (Lipinski definition) is 4. The Morgan fingerprint density at radius 3 is 2.55 bits per heavy atom. The third-order valence-corrected chi connectivity index (χ3v) is 5.87. The van der Waals surface area contributed by atoms with Crippen molar-refractivity contribution in [3.63, 3.8) is 0 Å². The van der Waals surface area contributed by atoms with Gasteiger partial charge in [-0.2, -0.15) is 0 Å². The lowest BCUT2D eigenvalue weighted by molar-refractivity contribution is -0.126. The van der Waals surface area contributed by atoms with E-state index in [1.807, 2.05) is 42.4 Å². The average molecular weight is 319 g/mol. The molecule has 1 heterocycles. The molecule has 2 N–H and O–H groups in total. The molecule has 0 spiro atoms. The van der Waals surface area contributed by atoms with E-state index in [2.05, 4.69) is 10.6 Å². The van der Waals surface area contributed by atoms with Gasteiger partial charge in [0.15, 0.2) is 0 Å². The molecular weight excluding hydrogens is 292 g/mol. The quantitative estimate of drug-likeness (QED) is 0.560. The summed E-state index contributed by atoms with van der Waals surface area (Å²) in [5, 5.41) is 6.27. The predicted molar refractivity (Wildman–Crippen MR) is 87.8 cm³/mol. The largest absolute Gasteiger partial charge is 0.350 e. The van der Waals surface area contributed by atoms with Gasteiger partial charge in [0.1, 0.15) is 0 Å². The fourth-order valence-electron chi connectivity index (χ4n) is 1.95. The SMILES string of the molecule is CC(C)(C)NC(=O)CNC(=O)CCCCC1CCSS1. The zero-order valence-corrected chi connectivity index (χ0v) is 14.3. The predicted octanol–water partition coefficient (Wildman–Crippen LogP) is 2.73. The number of rotatable bonds is 7. The molecular formula is C14H26N2O2S2. The van der Waals surface area contributed by atoms with E-state index in [9.17, 15) is 9.59 Å². The van der Waals surface area contributed by atoms with Crippen molar-refractivity contribution in [3.05, 3.63) is 0 Å². The lowest BCUT2D eigenvalue weighted by Gasteiger charge is -2.20. The second-order valence-corrected chi connectivity index (χ2v) is 8.94. The van der Waals surface area contributed by atoms with Gasteiger partial charge in [-0.3, -0.25) is 9.59 Å². The van der Waals surface area contributed by atoms with Crippen molar-refractivity contribution in [2.45, 2.75) is 63.7 Å². The molecule has 1 rings (SSSR count). The number of amides is 2. The van der Waals surface area contributed by atoms with Crippen LogP contribution in [0.3, 0.4) is 0 Å². The van der Waals surface area contributed by atoms with Crippen LogP contribution in [0.15, 0.2) is 0 Å². The molecule has 2 amide bonds. The maximum absolute atomic E-state index is 11.6. The van der Waals surface area contributed by atoms with Crippen LogP contribution in [0.25, 0.3) is 0 Å². The lowest BCUT2D eigenvalue weighted by Crippen LogP contribution is -2.45. The first-order valence-corrected chi connectivity index (χ1v) is 9.61. The molecule has 0 aromatic heterocycles. The average Bonchev–Trinajstić information content (AvgIpc) is 2.83. The molecule has 1 fully saturated rings. The molecule has 6 heteroatoms. The van der Waals surface area contributed by atoms with Crippen molar-refractivity contribution in [1.82, 2.24) is 10.6 Å². The first-order valence-electron chi connectivity index (χ1n) is 7.23. The third kappa shape index (κ3) is 8.74. The Kier molecular flexibility index (Phi) is 7.80. The summed E-state index contributed by atoms with van der Waals surface area (Å²) in [5.74, 6) is 1.10. The summed E-state index contributed by atoms with van der Waals surface area (Å²) in [4.78, 5) is 23.1. The van der Waals surface area contributed by atoms with Gasteiger partial charge in [0.05, 0.1) is 6.54 Å². The molecule has 116 valence electrons. The summed E-state index contributed by atoms with van der Waals surface area (Å²) in [6, 6.07) is 0. The number of carbonyl (C=O) groups is 2. The van der Waals surface area contributed by atoms with Crippen LogP contribution in [0.4, 0.5) is 0 Å². The van der Waals surface area contributed by atoms with E-state index in [-0.39, 0.29) is 23.9 Å². The summed E-state index contributed by atoms with van der Waals surface area (Å²) in [5.41, 5.74) is -0.251. The Hall–Kier alpha value is -0.360. The fourth-order valence-corrected chi connectivity index (χ4v) is 4.98. The molecule has 0 aromatic rings.